The Kier molecular flexibility index (Phi) is 2.59. The van der Waals surface area contributed by atoms with Crippen LogP contribution in [0.1, 0.15) is 18.1 Å². The molecule has 1 aromatic heterocycles. The van der Waals surface area contributed by atoms with Crippen molar-refractivity contribution in [2.75, 3.05) is 13.6 Å². The van der Waals surface area contributed by atoms with E-state index in [1.54, 1.807) is 18.2 Å². The molecular formula is C12H15N3O3. The van der Waals surface area contributed by atoms with Crippen LogP contribution in [0.3, 0.4) is 0 Å². The number of nitrogens with zero attached hydrogens (tertiary/aromatic N) is 1. The predicted molar refractivity (Wildman–Crippen MR) is 62.6 cm³/mol. The van der Waals surface area contributed by atoms with Crippen molar-refractivity contribution < 1.29 is 14.0 Å². The molecule has 0 saturated carbocycles. The van der Waals surface area contributed by atoms with Gasteiger partial charge in [0, 0.05) is 13.0 Å². The molecule has 2 saturated heterocycles. The first kappa shape index (κ1) is 11.3. The van der Waals surface area contributed by atoms with Crippen molar-refractivity contribution in [3.8, 4) is 0 Å². The third-order valence-corrected chi connectivity index (χ3v) is 3.76. The van der Waals surface area contributed by atoms with Crippen LogP contribution in [0.15, 0.2) is 22.8 Å². The van der Waals surface area contributed by atoms with E-state index >= 15 is 0 Å². The first-order valence-electron chi connectivity index (χ1n) is 6.03. The number of piperidine rings is 1. The molecule has 2 aliphatic heterocycles. The molecule has 0 aliphatic carbocycles. The Bertz CT molecular complexity index is 471. The second-order valence-electron chi connectivity index (χ2n) is 4.74. The summed E-state index contributed by atoms with van der Waals surface area (Å²) < 4.78 is 5.42. The number of rotatable bonds is 1. The van der Waals surface area contributed by atoms with Crippen LogP contribution >= 0.6 is 0 Å². The lowest BCUT2D eigenvalue weighted by molar-refractivity contribution is -0.130. The fourth-order valence-corrected chi connectivity index (χ4v) is 2.84. The molecule has 2 N–H and O–H groups in total. The minimum absolute atomic E-state index is 0.0156. The molecule has 3 unspecified atom stereocenters. The van der Waals surface area contributed by atoms with Crippen molar-refractivity contribution in [3.63, 3.8) is 0 Å². The van der Waals surface area contributed by atoms with E-state index in [4.69, 9.17) is 4.42 Å². The van der Waals surface area contributed by atoms with Crippen LogP contribution < -0.4 is 10.6 Å². The Hall–Kier alpha value is -1.82. The minimum Gasteiger partial charge on any atom is -0.469 e. The molecule has 0 bridgehead atoms. The number of urea groups is 1. The fraction of sp³-hybridized carbons (Fsp3) is 0.500. The summed E-state index contributed by atoms with van der Waals surface area (Å²) >= 11 is 0. The van der Waals surface area contributed by atoms with E-state index in [1.807, 2.05) is 12.1 Å². The average Bonchev–Trinajstić information content (AvgIpc) is 2.89. The standard InChI is InChI=1S/C12H15N3O3/c1-15-10-9(11(16)14-12(15)17)7(4-5-13-10)8-3-2-6-18-8/h2-3,6-7,9-10,13H,4-5H2,1H3,(H,14,16,17). The maximum absolute atomic E-state index is 12.0. The van der Waals surface area contributed by atoms with E-state index in [2.05, 4.69) is 10.6 Å². The number of imide groups is 1. The van der Waals surface area contributed by atoms with Gasteiger partial charge in [-0.2, -0.15) is 0 Å². The van der Waals surface area contributed by atoms with Gasteiger partial charge >= 0.3 is 6.03 Å². The first-order chi connectivity index (χ1) is 8.68. The number of fused-ring (bicyclic) bond motifs is 1. The summed E-state index contributed by atoms with van der Waals surface area (Å²) in [4.78, 5) is 25.2. The van der Waals surface area contributed by atoms with Crippen molar-refractivity contribution in [2.24, 2.45) is 5.92 Å². The second-order valence-corrected chi connectivity index (χ2v) is 4.74. The Morgan fingerprint density at radius 2 is 2.28 bits per heavy atom. The molecule has 3 amide bonds. The van der Waals surface area contributed by atoms with Crippen LogP contribution in [0.4, 0.5) is 4.79 Å². The summed E-state index contributed by atoms with van der Waals surface area (Å²) in [5.41, 5.74) is 0. The molecule has 3 atom stereocenters. The van der Waals surface area contributed by atoms with Crippen LogP contribution in [0.5, 0.6) is 0 Å². The molecule has 1 aromatic rings. The number of carbonyl (C=O) groups excluding carboxylic acids is 2. The van der Waals surface area contributed by atoms with Crippen molar-refractivity contribution in [1.29, 1.82) is 0 Å². The summed E-state index contributed by atoms with van der Waals surface area (Å²) in [6.07, 6.45) is 2.18. The molecular weight excluding hydrogens is 234 g/mol. The molecule has 0 aromatic carbocycles. The lowest BCUT2D eigenvalue weighted by Gasteiger charge is -2.44. The van der Waals surface area contributed by atoms with Gasteiger partial charge < -0.3 is 9.32 Å². The molecule has 2 aliphatic rings. The van der Waals surface area contributed by atoms with Crippen LogP contribution in [-0.4, -0.2) is 36.6 Å². The Balaban J connectivity index is 1.94. The highest BCUT2D eigenvalue weighted by Gasteiger charge is 2.47. The summed E-state index contributed by atoms with van der Waals surface area (Å²) in [6, 6.07) is 3.35. The molecule has 2 fully saturated rings. The summed E-state index contributed by atoms with van der Waals surface area (Å²) in [6.45, 7) is 0.761. The van der Waals surface area contributed by atoms with E-state index in [9.17, 15) is 9.59 Å². The number of furan rings is 1. The lowest BCUT2D eigenvalue weighted by atomic mass is 9.80. The Morgan fingerprint density at radius 1 is 1.44 bits per heavy atom. The van der Waals surface area contributed by atoms with E-state index < -0.39 is 0 Å². The lowest BCUT2D eigenvalue weighted by Crippen LogP contribution is -2.66. The van der Waals surface area contributed by atoms with Gasteiger partial charge in [-0.1, -0.05) is 0 Å². The van der Waals surface area contributed by atoms with Gasteiger partial charge in [0.05, 0.1) is 18.3 Å². The smallest absolute Gasteiger partial charge is 0.325 e. The quantitative estimate of drug-likeness (QED) is 0.759. The number of carbonyl (C=O) groups is 2. The van der Waals surface area contributed by atoms with Gasteiger partial charge in [-0.15, -0.1) is 0 Å². The second kappa shape index (κ2) is 4.13. The largest absolute Gasteiger partial charge is 0.469 e. The van der Waals surface area contributed by atoms with E-state index in [0.717, 1.165) is 18.7 Å². The van der Waals surface area contributed by atoms with Crippen LogP contribution in [0.2, 0.25) is 0 Å². The predicted octanol–water partition coefficient (Wildman–Crippen LogP) is 0.480. The van der Waals surface area contributed by atoms with E-state index in [-0.39, 0.29) is 29.9 Å². The molecule has 0 spiro atoms. The highest BCUT2D eigenvalue weighted by Crippen LogP contribution is 2.36. The minimum atomic E-state index is -0.353. The molecule has 6 heteroatoms. The summed E-state index contributed by atoms with van der Waals surface area (Å²) in [5.74, 6) is 0.301. The molecule has 3 heterocycles. The fourth-order valence-electron chi connectivity index (χ4n) is 2.84. The van der Waals surface area contributed by atoms with Crippen molar-refractivity contribution in [1.82, 2.24) is 15.5 Å². The first-order valence-corrected chi connectivity index (χ1v) is 6.03. The van der Waals surface area contributed by atoms with Gasteiger partial charge in [0.1, 0.15) is 5.76 Å². The number of hydrogen-bond donors (Lipinski definition) is 2. The molecule has 18 heavy (non-hydrogen) atoms. The van der Waals surface area contributed by atoms with Crippen molar-refractivity contribution >= 4 is 11.9 Å². The van der Waals surface area contributed by atoms with E-state index in [0.29, 0.717) is 0 Å². The number of amides is 3. The SMILES string of the molecule is CN1C(=O)NC(=O)C2C(c3ccco3)CCNC21. The van der Waals surface area contributed by atoms with Gasteiger partial charge in [0.25, 0.3) is 0 Å². The highest BCUT2D eigenvalue weighted by molar-refractivity contribution is 5.98. The number of nitrogens with one attached hydrogen (secondary N) is 2. The topological polar surface area (TPSA) is 74.6 Å². The van der Waals surface area contributed by atoms with Gasteiger partial charge in [-0.05, 0) is 25.1 Å². The maximum atomic E-state index is 12.0. The Labute approximate surface area is 104 Å². The van der Waals surface area contributed by atoms with E-state index in [1.165, 1.54) is 0 Å². The zero-order valence-electron chi connectivity index (χ0n) is 10.1. The zero-order valence-corrected chi connectivity index (χ0v) is 10.1. The maximum Gasteiger partial charge on any atom is 0.325 e. The Morgan fingerprint density at radius 3 is 3.00 bits per heavy atom. The average molecular weight is 249 g/mol. The number of hydrogen-bond acceptors (Lipinski definition) is 4. The molecule has 3 rings (SSSR count). The van der Waals surface area contributed by atoms with Crippen molar-refractivity contribution in [2.45, 2.75) is 18.5 Å². The normalized spacial score (nSPS) is 32.1. The molecule has 6 nitrogen and oxygen atoms in total. The molecule has 96 valence electrons. The molecule has 0 radical (unpaired) electrons. The van der Waals surface area contributed by atoms with Gasteiger partial charge in [-0.25, -0.2) is 4.79 Å². The van der Waals surface area contributed by atoms with Gasteiger partial charge in [0.15, 0.2) is 0 Å². The van der Waals surface area contributed by atoms with Crippen molar-refractivity contribution in [3.05, 3.63) is 24.2 Å². The highest BCUT2D eigenvalue weighted by atomic mass is 16.3. The third-order valence-electron chi connectivity index (χ3n) is 3.76. The van der Waals surface area contributed by atoms with Crippen LogP contribution in [-0.2, 0) is 4.79 Å². The monoisotopic (exact) mass is 249 g/mol. The van der Waals surface area contributed by atoms with Gasteiger partial charge in [-0.3, -0.25) is 15.4 Å². The zero-order chi connectivity index (χ0) is 12.7. The van der Waals surface area contributed by atoms with Crippen LogP contribution in [0.25, 0.3) is 0 Å². The van der Waals surface area contributed by atoms with Crippen LogP contribution in [0, 0.1) is 5.92 Å². The third kappa shape index (κ3) is 1.60. The summed E-state index contributed by atoms with van der Waals surface area (Å²) in [5, 5.41) is 5.61. The summed E-state index contributed by atoms with van der Waals surface area (Å²) in [7, 11) is 1.69. The van der Waals surface area contributed by atoms with Gasteiger partial charge in [0.2, 0.25) is 5.91 Å².